The number of aryl methyl sites for hydroxylation is 1. The minimum atomic E-state index is -0.956. The van der Waals surface area contributed by atoms with Gasteiger partial charge in [-0.05, 0) is 25.6 Å². The van der Waals surface area contributed by atoms with Crippen molar-refractivity contribution < 1.29 is 8.78 Å². The van der Waals surface area contributed by atoms with Crippen LogP contribution in [0.1, 0.15) is 11.4 Å². The molecule has 0 unspecified atom stereocenters. The molecule has 2 rings (SSSR count). The zero-order valence-electron chi connectivity index (χ0n) is 10.3. The Hall–Kier alpha value is -2.15. The van der Waals surface area contributed by atoms with Crippen LogP contribution in [0.15, 0.2) is 28.4 Å². The van der Waals surface area contributed by atoms with Gasteiger partial charge in [0.15, 0.2) is 11.6 Å². The van der Waals surface area contributed by atoms with Gasteiger partial charge >= 0.3 is 0 Å². The predicted octanol–water partition coefficient (Wildman–Crippen LogP) is 2.91. The van der Waals surface area contributed by atoms with E-state index in [0.717, 1.165) is 17.8 Å². The SMILES string of the molecule is Cc1[nH]nc(CCN)c1N=Nc1ccc(F)c(F)c1. The number of aromatic amines is 1. The number of nitrogens with zero attached hydrogens (tertiary/aromatic N) is 3. The van der Waals surface area contributed by atoms with E-state index < -0.39 is 11.6 Å². The summed E-state index contributed by atoms with van der Waals surface area (Å²) in [6, 6.07) is 3.34. The van der Waals surface area contributed by atoms with Crippen LogP contribution in [0, 0.1) is 18.6 Å². The minimum absolute atomic E-state index is 0.234. The second-order valence-corrected chi connectivity index (χ2v) is 3.98. The molecule has 0 atom stereocenters. The molecule has 19 heavy (non-hydrogen) atoms. The lowest BCUT2D eigenvalue weighted by molar-refractivity contribution is 0.509. The fourth-order valence-corrected chi connectivity index (χ4v) is 1.57. The largest absolute Gasteiger partial charge is 0.330 e. The van der Waals surface area contributed by atoms with Crippen LogP contribution < -0.4 is 5.73 Å². The van der Waals surface area contributed by atoms with Crippen molar-refractivity contribution in [2.45, 2.75) is 13.3 Å². The van der Waals surface area contributed by atoms with Gasteiger partial charge in [-0.3, -0.25) is 5.10 Å². The minimum Gasteiger partial charge on any atom is -0.330 e. The first kappa shape index (κ1) is 13.3. The van der Waals surface area contributed by atoms with E-state index in [-0.39, 0.29) is 5.69 Å². The van der Waals surface area contributed by atoms with Gasteiger partial charge in [0.2, 0.25) is 0 Å². The lowest BCUT2D eigenvalue weighted by Gasteiger charge is -1.96. The van der Waals surface area contributed by atoms with E-state index >= 15 is 0 Å². The summed E-state index contributed by atoms with van der Waals surface area (Å²) in [5, 5.41) is 14.7. The first-order valence-corrected chi connectivity index (χ1v) is 5.72. The Morgan fingerprint density at radius 3 is 2.74 bits per heavy atom. The summed E-state index contributed by atoms with van der Waals surface area (Å²) in [5.74, 6) is -1.87. The maximum absolute atomic E-state index is 13.0. The molecular weight excluding hydrogens is 252 g/mol. The molecule has 0 saturated heterocycles. The van der Waals surface area contributed by atoms with E-state index in [4.69, 9.17) is 5.73 Å². The van der Waals surface area contributed by atoms with Gasteiger partial charge in [0, 0.05) is 12.5 Å². The maximum atomic E-state index is 13.0. The molecule has 0 bridgehead atoms. The summed E-state index contributed by atoms with van der Waals surface area (Å²) >= 11 is 0. The van der Waals surface area contributed by atoms with E-state index in [1.807, 2.05) is 0 Å². The third-order valence-corrected chi connectivity index (χ3v) is 2.54. The first-order chi connectivity index (χ1) is 9.11. The summed E-state index contributed by atoms with van der Waals surface area (Å²) in [6.07, 6.45) is 0.566. The molecular formula is C12H13F2N5. The highest BCUT2D eigenvalue weighted by Crippen LogP contribution is 2.25. The number of nitrogens with two attached hydrogens (primary N) is 1. The fraction of sp³-hybridized carbons (Fsp3) is 0.250. The molecule has 5 nitrogen and oxygen atoms in total. The topological polar surface area (TPSA) is 79.4 Å². The molecule has 2 aromatic rings. The van der Waals surface area contributed by atoms with Crippen LogP contribution in [0.3, 0.4) is 0 Å². The van der Waals surface area contributed by atoms with Crippen molar-refractivity contribution >= 4 is 11.4 Å². The molecule has 100 valence electrons. The zero-order chi connectivity index (χ0) is 13.8. The average Bonchev–Trinajstić information content (AvgIpc) is 2.73. The average molecular weight is 265 g/mol. The third kappa shape index (κ3) is 3.00. The highest BCUT2D eigenvalue weighted by molar-refractivity contribution is 5.47. The van der Waals surface area contributed by atoms with Gasteiger partial charge in [-0.2, -0.15) is 10.2 Å². The van der Waals surface area contributed by atoms with Crippen LogP contribution >= 0.6 is 0 Å². The molecule has 7 heteroatoms. The van der Waals surface area contributed by atoms with Gasteiger partial charge in [-0.15, -0.1) is 5.11 Å². The van der Waals surface area contributed by atoms with Crippen LogP contribution in [0.25, 0.3) is 0 Å². The molecule has 3 N–H and O–H groups in total. The fourth-order valence-electron chi connectivity index (χ4n) is 1.57. The second kappa shape index (κ2) is 5.66. The molecule has 0 aliphatic heterocycles. The van der Waals surface area contributed by atoms with E-state index in [1.165, 1.54) is 6.07 Å². The Morgan fingerprint density at radius 2 is 2.05 bits per heavy atom. The molecule has 0 fully saturated rings. The first-order valence-electron chi connectivity index (χ1n) is 5.72. The van der Waals surface area contributed by atoms with Crippen molar-refractivity contribution in [1.82, 2.24) is 10.2 Å². The number of hydrogen-bond donors (Lipinski definition) is 2. The lowest BCUT2D eigenvalue weighted by Crippen LogP contribution is -2.03. The number of halogens is 2. The number of aromatic nitrogens is 2. The van der Waals surface area contributed by atoms with E-state index in [2.05, 4.69) is 20.4 Å². The van der Waals surface area contributed by atoms with Crippen molar-refractivity contribution in [2.75, 3.05) is 6.54 Å². The number of benzene rings is 1. The monoisotopic (exact) mass is 265 g/mol. The molecule has 1 heterocycles. The maximum Gasteiger partial charge on any atom is 0.161 e. The van der Waals surface area contributed by atoms with Crippen molar-refractivity contribution in [3.05, 3.63) is 41.2 Å². The molecule has 1 aromatic heterocycles. The molecule has 0 radical (unpaired) electrons. The Morgan fingerprint density at radius 1 is 1.26 bits per heavy atom. The molecule has 0 amide bonds. The van der Waals surface area contributed by atoms with Crippen LogP contribution in [0.4, 0.5) is 20.2 Å². The number of rotatable bonds is 4. The summed E-state index contributed by atoms with van der Waals surface area (Å²) in [7, 11) is 0. The molecule has 0 aliphatic carbocycles. The van der Waals surface area contributed by atoms with Crippen LogP contribution in [0.2, 0.25) is 0 Å². The van der Waals surface area contributed by atoms with Crippen molar-refractivity contribution in [3.63, 3.8) is 0 Å². The zero-order valence-corrected chi connectivity index (χ0v) is 10.3. The molecule has 0 spiro atoms. The second-order valence-electron chi connectivity index (χ2n) is 3.98. The number of hydrogen-bond acceptors (Lipinski definition) is 4. The Balaban J connectivity index is 2.26. The molecule has 0 saturated carbocycles. The van der Waals surface area contributed by atoms with Gasteiger partial charge in [-0.25, -0.2) is 8.78 Å². The summed E-state index contributed by atoms with van der Waals surface area (Å²) in [6.45, 7) is 2.24. The lowest BCUT2D eigenvalue weighted by atomic mass is 10.2. The number of nitrogens with one attached hydrogen (secondary N) is 1. The summed E-state index contributed by atoms with van der Waals surface area (Å²) in [4.78, 5) is 0. The normalized spacial score (nSPS) is 11.4. The van der Waals surface area contributed by atoms with E-state index in [9.17, 15) is 8.78 Å². The third-order valence-electron chi connectivity index (χ3n) is 2.54. The van der Waals surface area contributed by atoms with Crippen molar-refractivity contribution in [1.29, 1.82) is 0 Å². The molecule has 0 aliphatic rings. The number of H-pyrrole nitrogens is 1. The Labute approximate surface area is 108 Å². The number of azo groups is 1. The van der Waals surface area contributed by atoms with Gasteiger partial charge < -0.3 is 5.73 Å². The van der Waals surface area contributed by atoms with Gasteiger partial charge in [0.05, 0.1) is 17.1 Å². The van der Waals surface area contributed by atoms with Gasteiger partial charge in [0.1, 0.15) is 5.69 Å². The van der Waals surface area contributed by atoms with Crippen molar-refractivity contribution in [3.8, 4) is 0 Å². The van der Waals surface area contributed by atoms with Crippen LogP contribution in [-0.4, -0.2) is 16.7 Å². The van der Waals surface area contributed by atoms with Crippen molar-refractivity contribution in [2.24, 2.45) is 16.0 Å². The molecule has 1 aromatic carbocycles. The smallest absolute Gasteiger partial charge is 0.161 e. The van der Waals surface area contributed by atoms with E-state index in [0.29, 0.717) is 24.3 Å². The van der Waals surface area contributed by atoms with Gasteiger partial charge in [-0.1, -0.05) is 0 Å². The van der Waals surface area contributed by atoms with Crippen LogP contribution in [-0.2, 0) is 6.42 Å². The highest BCUT2D eigenvalue weighted by atomic mass is 19.2. The highest BCUT2D eigenvalue weighted by Gasteiger charge is 2.09. The Kier molecular flexibility index (Phi) is 3.96. The van der Waals surface area contributed by atoms with Gasteiger partial charge in [0.25, 0.3) is 0 Å². The quantitative estimate of drug-likeness (QED) is 0.833. The Bertz CT molecular complexity index is 606. The summed E-state index contributed by atoms with van der Waals surface area (Å²) in [5.41, 5.74) is 7.72. The predicted molar refractivity (Wildman–Crippen MR) is 66.6 cm³/mol. The van der Waals surface area contributed by atoms with E-state index in [1.54, 1.807) is 6.92 Å². The standard InChI is InChI=1S/C12H13F2N5/c1-7-12(11(4-5-15)18-16-7)19-17-8-2-3-9(13)10(14)6-8/h2-3,6H,4-5,15H2,1H3,(H,16,18). The summed E-state index contributed by atoms with van der Waals surface area (Å²) < 4.78 is 25.8. The van der Waals surface area contributed by atoms with Crippen LogP contribution in [0.5, 0.6) is 0 Å².